The molecule has 0 saturated carbocycles. The number of carbonyl (C=O) groups is 1. The molecule has 1 heterocycles. The van der Waals surface area contributed by atoms with Gasteiger partial charge in [0.2, 0.25) is 5.91 Å². The van der Waals surface area contributed by atoms with Gasteiger partial charge in [0, 0.05) is 18.9 Å². The van der Waals surface area contributed by atoms with E-state index in [-0.39, 0.29) is 17.5 Å². The fourth-order valence-corrected chi connectivity index (χ4v) is 2.36. The molecule has 21 heavy (non-hydrogen) atoms. The van der Waals surface area contributed by atoms with Gasteiger partial charge in [-0.2, -0.15) is 0 Å². The fraction of sp³-hybridized carbons (Fsp3) is 0.214. The van der Waals surface area contributed by atoms with Gasteiger partial charge < -0.3 is 11.1 Å². The van der Waals surface area contributed by atoms with Crippen LogP contribution in [-0.2, 0) is 11.3 Å². The number of aryl methyl sites for hydroxylation is 1. The van der Waals surface area contributed by atoms with Gasteiger partial charge in [-0.3, -0.25) is 4.79 Å². The highest BCUT2D eigenvalue weighted by atomic mass is 32.2. The highest BCUT2D eigenvalue weighted by molar-refractivity contribution is 8.00. The summed E-state index contributed by atoms with van der Waals surface area (Å²) in [5.41, 5.74) is 7.05. The second-order valence-corrected chi connectivity index (χ2v) is 5.36. The Morgan fingerprint density at radius 1 is 1.38 bits per heavy atom. The van der Waals surface area contributed by atoms with Gasteiger partial charge in [0.15, 0.2) is 5.82 Å². The van der Waals surface area contributed by atoms with Gasteiger partial charge in [-0.25, -0.2) is 14.4 Å². The Labute approximate surface area is 126 Å². The number of rotatable bonds is 5. The zero-order valence-corrected chi connectivity index (χ0v) is 12.3. The van der Waals surface area contributed by atoms with Gasteiger partial charge in [0.25, 0.3) is 0 Å². The van der Waals surface area contributed by atoms with Crippen molar-refractivity contribution in [2.24, 2.45) is 0 Å². The number of carbonyl (C=O) groups excluding carboxylic acids is 1. The van der Waals surface area contributed by atoms with Crippen LogP contribution in [0.1, 0.15) is 11.1 Å². The number of hydrogen-bond donors (Lipinski definition) is 2. The third kappa shape index (κ3) is 4.42. The SMILES string of the molecule is Cc1cc(CNC(=O)CSc2nccnc2N)ccc1F. The molecule has 110 valence electrons. The molecule has 0 aliphatic carbocycles. The third-order valence-corrected chi connectivity index (χ3v) is 3.74. The predicted octanol–water partition coefficient (Wildman–Crippen LogP) is 1.91. The van der Waals surface area contributed by atoms with Crippen LogP contribution in [-0.4, -0.2) is 21.6 Å². The van der Waals surface area contributed by atoms with E-state index in [1.165, 1.54) is 30.2 Å². The van der Waals surface area contributed by atoms with E-state index in [1.807, 2.05) is 0 Å². The predicted molar refractivity (Wildman–Crippen MR) is 80.2 cm³/mol. The number of anilines is 1. The van der Waals surface area contributed by atoms with Gasteiger partial charge in [0.1, 0.15) is 10.8 Å². The fourth-order valence-electron chi connectivity index (χ4n) is 1.65. The summed E-state index contributed by atoms with van der Waals surface area (Å²) in [5, 5.41) is 3.30. The normalized spacial score (nSPS) is 10.4. The summed E-state index contributed by atoms with van der Waals surface area (Å²) in [7, 11) is 0. The van der Waals surface area contributed by atoms with Crippen molar-refractivity contribution in [2.75, 3.05) is 11.5 Å². The third-order valence-electron chi connectivity index (χ3n) is 2.74. The Hall–Kier alpha value is -2.15. The van der Waals surface area contributed by atoms with Crippen molar-refractivity contribution in [1.29, 1.82) is 0 Å². The summed E-state index contributed by atoms with van der Waals surface area (Å²) in [4.78, 5) is 19.7. The Kier molecular flexibility index (Phi) is 5.10. The van der Waals surface area contributed by atoms with E-state index in [1.54, 1.807) is 19.1 Å². The zero-order valence-electron chi connectivity index (χ0n) is 11.5. The molecule has 1 amide bonds. The number of amides is 1. The molecule has 0 unspecified atom stereocenters. The van der Waals surface area contributed by atoms with E-state index in [0.717, 1.165) is 5.56 Å². The van der Waals surface area contributed by atoms with Crippen molar-refractivity contribution < 1.29 is 9.18 Å². The van der Waals surface area contributed by atoms with Crippen molar-refractivity contribution in [3.8, 4) is 0 Å². The lowest BCUT2D eigenvalue weighted by Crippen LogP contribution is -2.24. The first-order valence-corrected chi connectivity index (χ1v) is 7.26. The van der Waals surface area contributed by atoms with Crippen molar-refractivity contribution in [3.63, 3.8) is 0 Å². The minimum Gasteiger partial charge on any atom is -0.381 e. The first kappa shape index (κ1) is 15.2. The molecule has 5 nitrogen and oxygen atoms in total. The maximum atomic E-state index is 13.1. The molecule has 0 atom stereocenters. The Morgan fingerprint density at radius 2 is 2.14 bits per heavy atom. The maximum absolute atomic E-state index is 13.1. The number of nitrogens with zero attached hydrogens (tertiary/aromatic N) is 2. The lowest BCUT2D eigenvalue weighted by atomic mass is 10.1. The quantitative estimate of drug-likeness (QED) is 0.825. The monoisotopic (exact) mass is 306 g/mol. The van der Waals surface area contributed by atoms with Gasteiger partial charge in [-0.05, 0) is 24.1 Å². The van der Waals surface area contributed by atoms with Crippen LogP contribution < -0.4 is 11.1 Å². The van der Waals surface area contributed by atoms with Crippen molar-refractivity contribution in [3.05, 3.63) is 47.5 Å². The average Bonchev–Trinajstić information content (AvgIpc) is 2.47. The van der Waals surface area contributed by atoms with Crippen LogP contribution in [0.25, 0.3) is 0 Å². The number of nitrogens with one attached hydrogen (secondary N) is 1. The summed E-state index contributed by atoms with van der Waals surface area (Å²) < 4.78 is 13.1. The van der Waals surface area contributed by atoms with Gasteiger partial charge in [-0.15, -0.1) is 0 Å². The molecule has 3 N–H and O–H groups in total. The van der Waals surface area contributed by atoms with Crippen LogP contribution in [0.15, 0.2) is 35.6 Å². The molecule has 0 saturated heterocycles. The topological polar surface area (TPSA) is 80.9 Å². The molecule has 1 aromatic heterocycles. The zero-order chi connectivity index (χ0) is 15.2. The number of nitrogen functional groups attached to an aromatic ring is 1. The van der Waals surface area contributed by atoms with Crippen LogP contribution in [0, 0.1) is 12.7 Å². The molecule has 0 aliphatic rings. The molecule has 2 aromatic rings. The van der Waals surface area contributed by atoms with Crippen LogP contribution in [0.2, 0.25) is 0 Å². The summed E-state index contributed by atoms with van der Waals surface area (Å²) in [5.74, 6) is 0.110. The summed E-state index contributed by atoms with van der Waals surface area (Å²) in [6.07, 6.45) is 3.02. The first-order valence-electron chi connectivity index (χ1n) is 6.27. The second kappa shape index (κ2) is 7.03. The molecule has 1 aromatic carbocycles. The Morgan fingerprint density at radius 3 is 2.86 bits per heavy atom. The molecule has 0 aliphatic heterocycles. The highest BCUT2D eigenvalue weighted by Gasteiger charge is 2.07. The number of hydrogen-bond acceptors (Lipinski definition) is 5. The Balaban J connectivity index is 1.82. The molecule has 7 heteroatoms. The van der Waals surface area contributed by atoms with Crippen molar-refractivity contribution in [1.82, 2.24) is 15.3 Å². The van der Waals surface area contributed by atoms with E-state index in [2.05, 4.69) is 15.3 Å². The summed E-state index contributed by atoms with van der Waals surface area (Å²) in [6.45, 7) is 2.05. The minimum atomic E-state index is -0.251. The summed E-state index contributed by atoms with van der Waals surface area (Å²) in [6, 6.07) is 4.76. The van der Waals surface area contributed by atoms with Crippen LogP contribution in [0.5, 0.6) is 0 Å². The number of nitrogens with two attached hydrogens (primary N) is 1. The molecule has 2 rings (SSSR count). The van der Waals surface area contributed by atoms with Gasteiger partial charge >= 0.3 is 0 Å². The molecular formula is C14H15FN4OS. The molecule has 0 spiro atoms. The molecular weight excluding hydrogens is 291 g/mol. The molecule has 0 radical (unpaired) electrons. The van der Waals surface area contributed by atoms with Gasteiger partial charge in [0.05, 0.1) is 5.75 Å². The lowest BCUT2D eigenvalue weighted by molar-refractivity contribution is -0.118. The van der Waals surface area contributed by atoms with Crippen molar-refractivity contribution >= 4 is 23.5 Å². The van der Waals surface area contributed by atoms with E-state index in [0.29, 0.717) is 23.0 Å². The van der Waals surface area contributed by atoms with E-state index in [9.17, 15) is 9.18 Å². The standard InChI is InChI=1S/C14H15FN4OS/c1-9-6-10(2-3-11(9)15)7-19-12(20)8-21-14-13(16)17-4-5-18-14/h2-6H,7-8H2,1H3,(H2,16,17)(H,19,20). The van der Waals surface area contributed by atoms with Crippen LogP contribution in [0.4, 0.5) is 10.2 Å². The van der Waals surface area contributed by atoms with E-state index < -0.39 is 0 Å². The van der Waals surface area contributed by atoms with E-state index >= 15 is 0 Å². The highest BCUT2D eigenvalue weighted by Crippen LogP contribution is 2.19. The largest absolute Gasteiger partial charge is 0.381 e. The first-order chi connectivity index (χ1) is 10.1. The number of thioether (sulfide) groups is 1. The van der Waals surface area contributed by atoms with Gasteiger partial charge in [-0.1, -0.05) is 23.9 Å². The van der Waals surface area contributed by atoms with Crippen LogP contribution >= 0.6 is 11.8 Å². The Bertz CT molecular complexity index is 651. The number of aromatic nitrogens is 2. The molecule has 0 fully saturated rings. The smallest absolute Gasteiger partial charge is 0.230 e. The second-order valence-electron chi connectivity index (χ2n) is 4.40. The lowest BCUT2D eigenvalue weighted by Gasteiger charge is -2.07. The van der Waals surface area contributed by atoms with E-state index in [4.69, 9.17) is 5.73 Å². The summed E-state index contributed by atoms with van der Waals surface area (Å²) >= 11 is 1.23. The van der Waals surface area contributed by atoms with Crippen LogP contribution in [0.3, 0.4) is 0 Å². The minimum absolute atomic E-state index is 0.146. The molecule has 0 bridgehead atoms. The number of benzene rings is 1. The number of halogens is 1. The maximum Gasteiger partial charge on any atom is 0.230 e. The van der Waals surface area contributed by atoms with Crippen molar-refractivity contribution in [2.45, 2.75) is 18.5 Å². The average molecular weight is 306 g/mol.